The highest BCUT2D eigenvalue weighted by molar-refractivity contribution is 9.10. The van der Waals surface area contributed by atoms with E-state index in [1.54, 1.807) is 0 Å². The van der Waals surface area contributed by atoms with Gasteiger partial charge in [0, 0.05) is 10.5 Å². The molecule has 0 saturated heterocycles. The third-order valence-corrected chi connectivity index (χ3v) is 4.14. The third-order valence-electron chi connectivity index (χ3n) is 3.64. The molecule has 1 nitrogen and oxygen atoms in total. The van der Waals surface area contributed by atoms with E-state index < -0.39 is 0 Å². The summed E-state index contributed by atoms with van der Waals surface area (Å²) in [5.41, 5.74) is 1.41. The Balaban J connectivity index is 2.03. The quantitative estimate of drug-likeness (QED) is 0.868. The minimum atomic E-state index is 0.514. The van der Waals surface area contributed by atoms with Crippen molar-refractivity contribution in [3.05, 3.63) is 34.3 Å². The van der Waals surface area contributed by atoms with Crippen molar-refractivity contribution in [2.24, 2.45) is 5.92 Å². The molecule has 0 spiro atoms. The van der Waals surface area contributed by atoms with E-state index in [1.165, 1.54) is 42.1 Å². The third kappa shape index (κ3) is 3.08. The molecule has 0 amide bonds. The Morgan fingerprint density at radius 2 is 2.12 bits per heavy atom. The molecule has 0 bridgehead atoms. The van der Waals surface area contributed by atoms with Crippen molar-refractivity contribution in [3.8, 4) is 0 Å². The summed E-state index contributed by atoms with van der Waals surface area (Å²) in [7, 11) is 2.07. The minimum Gasteiger partial charge on any atom is -0.313 e. The van der Waals surface area contributed by atoms with Crippen LogP contribution in [0.25, 0.3) is 0 Å². The van der Waals surface area contributed by atoms with Crippen molar-refractivity contribution in [2.75, 3.05) is 7.05 Å². The van der Waals surface area contributed by atoms with Crippen molar-refractivity contribution in [3.63, 3.8) is 0 Å². The van der Waals surface area contributed by atoms with Gasteiger partial charge in [0.15, 0.2) is 0 Å². The van der Waals surface area contributed by atoms with E-state index in [-0.39, 0.29) is 0 Å². The second-order valence-electron chi connectivity index (χ2n) is 4.78. The highest BCUT2D eigenvalue weighted by Crippen LogP contribution is 2.33. The monoisotopic (exact) mass is 281 g/mol. The summed E-state index contributed by atoms with van der Waals surface area (Å²) in [6.45, 7) is 0. The van der Waals surface area contributed by atoms with Gasteiger partial charge in [0.25, 0.3) is 0 Å². The maximum Gasteiger partial charge on any atom is 0.0320 e. The molecule has 1 fully saturated rings. The smallest absolute Gasteiger partial charge is 0.0320 e. The van der Waals surface area contributed by atoms with E-state index in [2.05, 4.69) is 52.6 Å². The molecule has 0 aromatic heterocycles. The van der Waals surface area contributed by atoms with Crippen LogP contribution >= 0.6 is 15.9 Å². The highest BCUT2D eigenvalue weighted by atomic mass is 79.9. The molecule has 1 aromatic carbocycles. The van der Waals surface area contributed by atoms with Crippen LogP contribution in [-0.4, -0.2) is 7.05 Å². The Labute approximate surface area is 107 Å². The molecule has 0 heterocycles. The van der Waals surface area contributed by atoms with E-state index in [9.17, 15) is 0 Å². The van der Waals surface area contributed by atoms with Crippen LogP contribution in [0.1, 0.15) is 43.7 Å². The SMILES string of the molecule is CNC(CC1CCCC1)c1cccc(Br)c1. The molecule has 88 valence electrons. The Morgan fingerprint density at radius 1 is 1.38 bits per heavy atom. The van der Waals surface area contributed by atoms with Gasteiger partial charge in [-0.2, -0.15) is 0 Å². The summed E-state index contributed by atoms with van der Waals surface area (Å²) in [4.78, 5) is 0. The number of hydrogen-bond donors (Lipinski definition) is 1. The molecule has 0 aliphatic heterocycles. The van der Waals surface area contributed by atoms with Gasteiger partial charge in [0.1, 0.15) is 0 Å². The Bertz CT molecular complexity index is 331. The number of rotatable bonds is 4. The molecule has 1 aliphatic carbocycles. The van der Waals surface area contributed by atoms with Crippen LogP contribution in [0, 0.1) is 5.92 Å². The van der Waals surface area contributed by atoms with Crippen LogP contribution < -0.4 is 5.32 Å². The van der Waals surface area contributed by atoms with Gasteiger partial charge in [-0.1, -0.05) is 53.7 Å². The van der Waals surface area contributed by atoms with E-state index in [0.29, 0.717) is 6.04 Å². The van der Waals surface area contributed by atoms with Gasteiger partial charge in [0.2, 0.25) is 0 Å². The summed E-state index contributed by atoms with van der Waals surface area (Å²) in [5, 5.41) is 3.45. The lowest BCUT2D eigenvalue weighted by atomic mass is 9.94. The first-order valence-electron chi connectivity index (χ1n) is 6.22. The number of nitrogens with one attached hydrogen (secondary N) is 1. The van der Waals surface area contributed by atoms with Crippen LogP contribution in [0.4, 0.5) is 0 Å². The maximum absolute atomic E-state index is 3.54. The Kier molecular flexibility index (Phi) is 4.42. The van der Waals surface area contributed by atoms with Crippen molar-refractivity contribution >= 4 is 15.9 Å². The summed E-state index contributed by atoms with van der Waals surface area (Å²) >= 11 is 3.54. The molecule has 1 saturated carbocycles. The fourth-order valence-corrected chi connectivity index (χ4v) is 3.14. The largest absolute Gasteiger partial charge is 0.313 e. The minimum absolute atomic E-state index is 0.514. The topological polar surface area (TPSA) is 12.0 Å². The molecule has 2 rings (SSSR count). The fourth-order valence-electron chi connectivity index (χ4n) is 2.72. The molecule has 2 heteroatoms. The van der Waals surface area contributed by atoms with Gasteiger partial charge < -0.3 is 5.32 Å². The summed E-state index contributed by atoms with van der Waals surface area (Å²) in [6, 6.07) is 9.18. The van der Waals surface area contributed by atoms with Gasteiger partial charge in [-0.05, 0) is 37.1 Å². The second-order valence-corrected chi connectivity index (χ2v) is 5.70. The van der Waals surface area contributed by atoms with Crippen LogP contribution in [0.5, 0.6) is 0 Å². The van der Waals surface area contributed by atoms with E-state index in [0.717, 1.165) is 5.92 Å². The normalized spacial score (nSPS) is 18.9. The molecule has 0 radical (unpaired) electrons. The molecule has 1 atom stereocenters. The first-order chi connectivity index (χ1) is 7.79. The Hall–Kier alpha value is -0.340. The van der Waals surface area contributed by atoms with Crippen molar-refractivity contribution in [1.82, 2.24) is 5.32 Å². The predicted octanol–water partition coefficient (Wildman–Crippen LogP) is 4.29. The zero-order valence-electron chi connectivity index (χ0n) is 9.88. The van der Waals surface area contributed by atoms with Crippen molar-refractivity contribution < 1.29 is 0 Å². The lowest BCUT2D eigenvalue weighted by Gasteiger charge is -2.20. The lowest BCUT2D eigenvalue weighted by molar-refractivity contribution is 0.413. The zero-order chi connectivity index (χ0) is 11.4. The van der Waals surface area contributed by atoms with Crippen molar-refractivity contribution in [2.45, 2.75) is 38.1 Å². The van der Waals surface area contributed by atoms with Gasteiger partial charge in [0.05, 0.1) is 0 Å². The Morgan fingerprint density at radius 3 is 2.75 bits per heavy atom. The molecule has 1 aliphatic rings. The number of halogens is 1. The molecular formula is C14H20BrN. The van der Waals surface area contributed by atoms with Gasteiger partial charge in [-0.15, -0.1) is 0 Å². The molecule has 1 N–H and O–H groups in total. The van der Waals surface area contributed by atoms with Gasteiger partial charge in [-0.3, -0.25) is 0 Å². The summed E-state index contributed by atoms with van der Waals surface area (Å²) in [5.74, 6) is 0.927. The average molecular weight is 282 g/mol. The van der Waals surface area contributed by atoms with E-state index >= 15 is 0 Å². The number of benzene rings is 1. The average Bonchev–Trinajstić information content (AvgIpc) is 2.78. The lowest BCUT2D eigenvalue weighted by Crippen LogP contribution is -2.19. The first-order valence-corrected chi connectivity index (χ1v) is 7.01. The zero-order valence-corrected chi connectivity index (χ0v) is 11.5. The summed E-state index contributed by atoms with van der Waals surface area (Å²) < 4.78 is 1.18. The molecule has 16 heavy (non-hydrogen) atoms. The van der Waals surface area contributed by atoms with Crippen LogP contribution in [0.3, 0.4) is 0 Å². The van der Waals surface area contributed by atoms with Crippen LogP contribution in [0.15, 0.2) is 28.7 Å². The predicted molar refractivity (Wildman–Crippen MR) is 72.5 cm³/mol. The van der Waals surface area contributed by atoms with E-state index in [1.807, 2.05) is 0 Å². The van der Waals surface area contributed by atoms with Crippen LogP contribution in [0.2, 0.25) is 0 Å². The summed E-state index contributed by atoms with van der Waals surface area (Å²) in [6.07, 6.45) is 6.99. The van der Waals surface area contributed by atoms with E-state index in [4.69, 9.17) is 0 Å². The van der Waals surface area contributed by atoms with Gasteiger partial charge >= 0.3 is 0 Å². The molecule has 1 aromatic rings. The van der Waals surface area contributed by atoms with Crippen LogP contribution in [-0.2, 0) is 0 Å². The first kappa shape index (κ1) is 12.1. The molecule has 1 unspecified atom stereocenters. The standard InChI is InChI=1S/C14H20BrN/c1-16-14(9-11-5-2-3-6-11)12-7-4-8-13(15)10-12/h4,7-8,10-11,14,16H,2-3,5-6,9H2,1H3. The molecular weight excluding hydrogens is 262 g/mol. The fraction of sp³-hybridized carbons (Fsp3) is 0.571. The van der Waals surface area contributed by atoms with Crippen molar-refractivity contribution in [1.29, 1.82) is 0 Å². The van der Waals surface area contributed by atoms with Gasteiger partial charge in [-0.25, -0.2) is 0 Å². The number of hydrogen-bond acceptors (Lipinski definition) is 1. The maximum atomic E-state index is 3.54. The second kappa shape index (κ2) is 5.83. The highest BCUT2D eigenvalue weighted by Gasteiger charge is 2.20.